The van der Waals surface area contributed by atoms with E-state index in [0.717, 1.165) is 24.9 Å². The zero-order valence-electron chi connectivity index (χ0n) is 15.5. The van der Waals surface area contributed by atoms with Crippen molar-refractivity contribution in [2.45, 2.75) is 56.9 Å². The van der Waals surface area contributed by atoms with Crippen molar-refractivity contribution in [1.82, 2.24) is 20.0 Å². The second-order valence-corrected chi connectivity index (χ2v) is 8.06. The molecule has 0 radical (unpaired) electrons. The molecule has 7 heteroatoms. The highest BCUT2D eigenvalue weighted by molar-refractivity contribution is 6.02. The molecule has 0 unspecified atom stereocenters. The quantitative estimate of drug-likeness (QED) is 0.856. The van der Waals surface area contributed by atoms with E-state index in [-0.39, 0.29) is 29.9 Å². The Labute approximate surface area is 157 Å². The maximum atomic E-state index is 13.2. The number of benzene rings is 1. The molecule has 2 bridgehead atoms. The highest BCUT2D eigenvalue weighted by Gasteiger charge is 2.60. The summed E-state index contributed by atoms with van der Waals surface area (Å²) in [4.78, 5) is 27.9. The second-order valence-electron chi connectivity index (χ2n) is 8.06. The number of para-hydroxylation sites is 1. The summed E-state index contributed by atoms with van der Waals surface area (Å²) in [7, 11) is 0. The molecule has 1 aromatic heterocycles. The largest absolute Gasteiger partial charge is 0.360 e. The van der Waals surface area contributed by atoms with Gasteiger partial charge in [-0.2, -0.15) is 5.10 Å². The van der Waals surface area contributed by atoms with Crippen LogP contribution < -0.4 is 10.6 Å². The topological polar surface area (TPSA) is 79.3 Å². The van der Waals surface area contributed by atoms with E-state index in [1.54, 1.807) is 10.9 Å². The molecule has 7 nitrogen and oxygen atoms in total. The number of fused-ring (bicyclic) bond motifs is 4. The summed E-state index contributed by atoms with van der Waals surface area (Å²) < 4.78 is 1.80. The van der Waals surface area contributed by atoms with Gasteiger partial charge in [0.2, 0.25) is 0 Å². The molecule has 0 aliphatic carbocycles. The van der Waals surface area contributed by atoms with Crippen LogP contribution in [-0.2, 0) is 0 Å². The van der Waals surface area contributed by atoms with Crippen LogP contribution in [0.4, 0.5) is 5.69 Å². The van der Waals surface area contributed by atoms with Crippen LogP contribution in [0.1, 0.15) is 59.9 Å². The van der Waals surface area contributed by atoms with Crippen molar-refractivity contribution >= 4 is 17.5 Å². The van der Waals surface area contributed by atoms with Gasteiger partial charge in [0.05, 0.1) is 23.4 Å². The number of hydrogen-bond acceptors (Lipinski definition) is 4. The van der Waals surface area contributed by atoms with Crippen molar-refractivity contribution in [3.05, 3.63) is 47.8 Å². The first kappa shape index (κ1) is 16.4. The molecule has 3 aliphatic heterocycles. The number of carbonyl (C=O) groups is 2. The van der Waals surface area contributed by atoms with Gasteiger partial charge in [0.1, 0.15) is 5.66 Å². The summed E-state index contributed by atoms with van der Waals surface area (Å²) in [5, 5.41) is 11.0. The van der Waals surface area contributed by atoms with E-state index in [1.165, 1.54) is 0 Å². The lowest BCUT2D eigenvalue weighted by molar-refractivity contribution is 0.0691. The molecule has 2 saturated heterocycles. The standard InChI is InChI=1S/C20H23N5O2/c1-12(2)24-11-13(10-21-24)19(27)25-14-7-8-17(25)20(9-14)22-16-6-4-3-5-15(16)18(26)23-20/h3-6,10-12,14,17,22H,7-9H2,1-2H3,(H,23,26)/t14-,17+,20+/m1/s1. The molecule has 0 saturated carbocycles. The number of anilines is 1. The van der Waals surface area contributed by atoms with Gasteiger partial charge in [0.15, 0.2) is 0 Å². The van der Waals surface area contributed by atoms with E-state index < -0.39 is 5.66 Å². The minimum atomic E-state index is -0.585. The van der Waals surface area contributed by atoms with Gasteiger partial charge >= 0.3 is 0 Å². The SMILES string of the molecule is CC(C)n1cc(C(=O)N2[C@@H]3CC[C@H]2[C@]2(C3)NC(=O)c3ccccc3N2)cn1. The lowest BCUT2D eigenvalue weighted by Gasteiger charge is -2.43. The third-order valence-electron chi connectivity index (χ3n) is 6.11. The van der Waals surface area contributed by atoms with Crippen LogP contribution in [0.25, 0.3) is 0 Å². The summed E-state index contributed by atoms with van der Waals surface area (Å²) in [6.45, 7) is 4.07. The number of hydrogen-bond donors (Lipinski definition) is 2. The Hall–Kier alpha value is -2.83. The summed E-state index contributed by atoms with van der Waals surface area (Å²) >= 11 is 0. The van der Waals surface area contributed by atoms with Crippen molar-refractivity contribution in [2.24, 2.45) is 0 Å². The molecule has 140 valence electrons. The van der Waals surface area contributed by atoms with Crippen LogP contribution in [-0.4, -0.2) is 44.2 Å². The van der Waals surface area contributed by atoms with Crippen LogP contribution in [0, 0.1) is 0 Å². The van der Waals surface area contributed by atoms with Crippen LogP contribution in [0.2, 0.25) is 0 Å². The Morgan fingerprint density at radius 3 is 2.85 bits per heavy atom. The van der Waals surface area contributed by atoms with Crippen LogP contribution >= 0.6 is 0 Å². The number of aromatic nitrogens is 2. The Morgan fingerprint density at radius 2 is 2.07 bits per heavy atom. The minimum Gasteiger partial charge on any atom is -0.360 e. The molecule has 1 spiro atoms. The normalized spacial score (nSPS) is 28.4. The number of nitrogens with zero attached hydrogens (tertiary/aromatic N) is 3. The summed E-state index contributed by atoms with van der Waals surface area (Å²) in [5.74, 6) is -0.0712. The Balaban J connectivity index is 1.46. The van der Waals surface area contributed by atoms with E-state index >= 15 is 0 Å². The van der Waals surface area contributed by atoms with E-state index in [2.05, 4.69) is 15.7 Å². The summed E-state index contributed by atoms with van der Waals surface area (Å²) in [5.41, 5.74) is 1.52. The van der Waals surface area contributed by atoms with Gasteiger partial charge in [-0.1, -0.05) is 12.1 Å². The van der Waals surface area contributed by atoms with Crippen molar-refractivity contribution in [2.75, 3.05) is 5.32 Å². The molecule has 2 fully saturated rings. The van der Waals surface area contributed by atoms with E-state index in [0.29, 0.717) is 11.1 Å². The van der Waals surface area contributed by atoms with E-state index in [9.17, 15) is 9.59 Å². The monoisotopic (exact) mass is 365 g/mol. The van der Waals surface area contributed by atoms with Gasteiger partial charge in [-0.15, -0.1) is 0 Å². The average molecular weight is 365 g/mol. The molecule has 4 heterocycles. The van der Waals surface area contributed by atoms with Gasteiger partial charge in [0.25, 0.3) is 11.8 Å². The highest BCUT2D eigenvalue weighted by atomic mass is 16.2. The van der Waals surface area contributed by atoms with Crippen molar-refractivity contribution in [3.8, 4) is 0 Å². The highest BCUT2D eigenvalue weighted by Crippen LogP contribution is 2.47. The van der Waals surface area contributed by atoms with Crippen molar-refractivity contribution in [3.63, 3.8) is 0 Å². The van der Waals surface area contributed by atoms with Crippen molar-refractivity contribution < 1.29 is 9.59 Å². The molecule has 5 rings (SSSR count). The lowest BCUT2D eigenvalue weighted by atomic mass is 9.86. The van der Waals surface area contributed by atoms with E-state index in [1.807, 2.05) is 49.2 Å². The van der Waals surface area contributed by atoms with Gasteiger partial charge in [-0.3, -0.25) is 14.3 Å². The lowest BCUT2D eigenvalue weighted by Crippen LogP contribution is -2.64. The fourth-order valence-electron chi connectivity index (χ4n) is 4.86. The number of rotatable bonds is 2. The molecule has 2 N–H and O–H groups in total. The van der Waals surface area contributed by atoms with Crippen LogP contribution in [0.15, 0.2) is 36.7 Å². The van der Waals surface area contributed by atoms with Crippen molar-refractivity contribution in [1.29, 1.82) is 0 Å². The Bertz CT molecular complexity index is 936. The van der Waals surface area contributed by atoms with Gasteiger partial charge in [-0.25, -0.2) is 0 Å². The van der Waals surface area contributed by atoms with Gasteiger partial charge in [0, 0.05) is 30.4 Å². The summed E-state index contributed by atoms with van der Waals surface area (Å²) in [6, 6.07) is 7.82. The third-order valence-corrected chi connectivity index (χ3v) is 6.11. The molecule has 3 aliphatic rings. The Kier molecular flexibility index (Phi) is 3.38. The second kappa shape index (κ2) is 5.58. The smallest absolute Gasteiger partial charge is 0.257 e. The molecule has 2 aromatic rings. The van der Waals surface area contributed by atoms with Crippen LogP contribution in [0.3, 0.4) is 0 Å². The van der Waals surface area contributed by atoms with E-state index in [4.69, 9.17) is 0 Å². The number of nitrogens with one attached hydrogen (secondary N) is 2. The number of carbonyl (C=O) groups excluding carboxylic acids is 2. The Morgan fingerprint density at radius 1 is 1.26 bits per heavy atom. The zero-order chi connectivity index (χ0) is 18.8. The molecule has 2 amide bonds. The summed E-state index contributed by atoms with van der Waals surface area (Å²) in [6.07, 6.45) is 6.04. The molecular formula is C20H23N5O2. The fourth-order valence-corrected chi connectivity index (χ4v) is 4.86. The maximum absolute atomic E-state index is 13.2. The third kappa shape index (κ3) is 2.30. The molecule has 3 atom stereocenters. The maximum Gasteiger partial charge on any atom is 0.257 e. The van der Waals surface area contributed by atoms with Gasteiger partial charge < -0.3 is 15.5 Å². The molecular weight excluding hydrogens is 342 g/mol. The average Bonchev–Trinajstić information content (AvgIpc) is 3.34. The first-order chi connectivity index (χ1) is 13.0. The zero-order valence-corrected chi connectivity index (χ0v) is 15.5. The van der Waals surface area contributed by atoms with Gasteiger partial charge in [-0.05, 0) is 38.8 Å². The van der Waals surface area contributed by atoms with Crippen LogP contribution in [0.5, 0.6) is 0 Å². The first-order valence-electron chi connectivity index (χ1n) is 9.55. The minimum absolute atomic E-state index is 0.00109. The molecule has 27 heavy (non-hydrogen) atoms. The first-order valence-corrected chi connectivity index (χ1v) is 9.55. The predicted molar refractivity (Wildman–Crippen MR) is 100 cm³/mol. The number of amides is 2. The fraction of sp³-hybridized carbons (Fsp3) is 0.450. The molecule has 1 aromatic carbocycles. The predicted octanol–water partition coefficient (Wildman–Crippen LogP) is 2.39.